The molecular formula is C19H25N3O. The summed E-state index contributed by atoms with van der Waals surface area (Å²) in [6.07, 6.45) is 1.61. The highest BCUT2D eigenvalue weighted by Gasteiger charge is 2.27. The number of aromatic nitrogens is 1. The maximum absolute atomic E-state index is 12.6. The summed E-state index contributed by atoms with van der Waals surface area (Å²) < 4.78 is 0. The minimum atomic E-state index is -0.346. The van der Waals surface area contributed by atoms with Gasteiger partial charge in [-0.15, -0.1) is 0 Å². The number of amides is 1. The highest BCUT2D eigenvalue weighted by atomic mass is 16.1. The predicted octanol–water partition coefficient (Wildman–Crippen LogP) is 3.30. The van der Waals surface area contributed by atoms with Gasteiger partial charge in [-0.05, 0) is 31.9 Å². The first-order valence-electron chi connectivity index (χ1n) is 8.11. The second-order valence-corrected chi connectivity index (χ2v) is 5.84. The van der Waals surface area contributed by atoms with Crippen LogP contribution in [0.2, 0.25) is 0 Å². The van der Waals surface area contributed by atoms with Crippen molar-refractivity contribution in [3.05, 3.63) is 53.7 Å². The molecule has 2 rings (SSSR count). The smallest absolute Gasteiger partial charge is 0.253 e. The van der Waals surface area contributed by atoms with Crippen LogP contribution in [0.3, 0.4) is 0 Å². The van der Waals surface area contributed by atoms with E-state index in [1.54, 1.807) is 0 Å². The lowest BCUT2D eigenvalue weighted by Gasteiger charge is -2.31. The third-order valence-electron chi connectivity index (χ3n) is 4.52. The fourth-order valence-electron chi connectivity index (χ4n) is 2.65. The summed E-state index contributed by atoms with van der Waals surface area (Å²) in [5.74, 6) is -0.108. The molecule has 1 aromatic heterocycles. The number of nitrogens with one attached hydrogen (secondary N) is 1. The fraction of sp³-hybridized carbons (Fsp3) is 0.368. The van der Waals surface area contributed by atoms with E-state index in [1.807, 2.05) is 63.2 Å². The highest BCUT2D eigenvalue weighted by molar-refractivity contribution is 5.96. The summed E-state index contributed by atoms with van der Waals surface area (Å²) in [7, 11) is 0. The Balaban J connectivity index is 2.26. The second kappa shape index (κ2) is 7.38. The maximum Gasteiger partial charge on any atom is 0.253 e. The number of nitrogens with two attached hydrogens (primary N) is 1. The first-order chi connectivity index (χ1) is 11.0. The summed E-state index contributed by atoms with van der Waals surface area (Å²) in [6.45, 7) is 6.38. The van der Waals surface area contributed by atoms with Crippen molar-refractivity contribution >= 4 is 5.91 Å². The molecule has 1 aromatic carbocycles. The summed E-state index contributed by atoms with van der Waals surface area (Å²) in [5.41, 5.74) is 8.76. The molecule has 0 aliphatic rings. The average Bonchev–Trinajstić information content (AvgIpc) is 2.60. The van der Waals surface area contributed by atoms with Crippen molar-refractivity contribution in [3.63, 3.8) is 0 Å². The molecule has 1 heterocycles. The topological polar surface area (TPSA) is 68.0 Å². The van der Waals surface area contributed by atoms with Crippen molar-refractivity contribution in [3.8, 4) is 11.3 Å². The number of nitrogens with zero attached hydrogens (tertiary/aromatic N) is 1. The molecule has 1 amide bonds. The Morgan fingerprint density at radius 2 is 1.78 bits per heavy atom. The molecule has 4 heteroatoms. The van der Waals surface area contributed by atoms with Crippen LogP contribution in [-0.4, -0.2) is 23.0 Å². The molecule has 0 unspecified atom stereocenters. The third kappa shape index (κ3) is 3.77. The molecule has 0 aliphatic carbocycles. The highest BCUT2D eigenvalue weighted by Crippen LogP contribution is 2.20. The molecule has 0 saturated carbocycles. The van der Waals surface area contributed by atoms with E-state index in [4.69, 9.17) is 5.73 Å². The number of carbonyl (C=O) groups excluding carboxylic acids is 1. The van der Waals surface area contributed by atoms with Gasteiger partial charge in [-0.25, -0.2) is 0 Å². The summed E-state index contributed by atoms with van der Waals surface area (Å²) >= 11 is 0. The SMILES string of the molecule is CCC(CC)(CN)NC(=O)c1ccc(-c2ccccc2)nc1C. The first-order valence-corrected chi connectivity index (χ1v) is 8.11. The van der Waals surface area contributed by atoms with Crippen molar-refractivity contribution in [1.29, 1.82) is 0 Å². The van der Waals surface area contributed by atoms with Crippen molar-refractivity contribution in [2.75, 3.05) is 6.54 Å². The lowest BCUT2D eigenvalue weighted by atomic mass is 9.92. The van der Waals surface area contributed by atoms with Crippen molar-refractivity contribution in [2.24, 2.45) is 5.73 Å². The standard InChI is InChI=1S/C19H25N3O/c1-4-19(5-2,13-20)22-18(23)16-11-12-17(21-14(16)3)15-9-7-6-8-10-15/h6-12H,4-5,13,20H2,1-3H3,(H,22,23). The predicted molar refractivity (Wildman–Crippen MR) is 94.2 cm³/mol. The number of carbonyl (C=O) groups is 1. The van der Waals surface area contributed by atoms with E-state index in [-0.39, 0.29) is 11.4 Å². The van der Waals surface area contributed by atoms with Crippen LogP contribution in [0, 0.1) is 6.92 Å². The van der Waals surface area contributed by atoms with Gasteiger partial charge in [-0.3, -0.25) is 9.78 Å². The summed E-state index contributed by atoms with van der Waals surface area (Å²) in [5, 5.41) is 3.09. The zero-order valence-electron chi connectivity index (χ0n) is 14.1. The minimum absolute atomic E-state index is 0.108. The van der Waals surface area contributed by atoms with Gasteiger partial charge in [0.25, 0.3) is 5.91 Å². The van der Waals surface area contributed by atoms with E-state index in [0.29, 0.717) is 12.1 Å². The van der Waals surface area contributed by atoms with Gasteiger partial charge in [0.2, 0.25) is 0 Å². The van der Waals surface area contributed by atoms with Crippen LogP contribution in [-0.2, 0) is 0 Å². The third-order valence-corrected chi connectivity index (χ3v) is 4.52. The van der Waals surface area contributed by atoms with Crippen LogP contribution in [0.25, 0.3) is 11.3 Å². The van der Waals surface area contributed by atoms with Gasteiger partial charge in [0.1, 0.15) is 0 Å². The summed E-state index contributed by atoms with van der Waals surface area (Å²) in [4.78, 5) is 17.2. The van der Waals surface area contributed by atoms with Gasteiger partial charge < -0.3 is 11.1 Å². The Morgan fingerprint density at radius 1 is 1.13 bits per heavy atom. The van der Waals surface area contributed by atoms with E-state index >= 15 is 0 Å². The molecule has 4 nitrogen and oxygen atoms in total. The van der Waals surface area contributed by atoms with Crippen LogP contribution in [0.4, 0.5) is 0 Å². The average molecular weight is 311 g/mol. The van der Waals surface area contributed by atoms with E-state index in [0.717, 1.165) is 29.8 Å². The van der Waals surface area contributed by atoms with Crippen LogP contribution in [0.1, 0.15) is 42.7 Å². The number of benzene rings is 1. The largest absolute Gasteiger partial charge is 0.345 e. The normalized spacial score (nSPS) is 11.3. The number of hydrogen-bond acceptors (Lipinski definition) is 3. The zero-order valence-corrected chi connectivity index (χ0v) is 14.1. The Labute approximate surface area is 138 Å². The second-order valence-electron chi connectivity index (χ2n) is 5.84. The van der Waals surface area contributed by atoms with Crippen LogP contribution < -0.4 is 11.1 Å². The quantitative estimate of drug-likeness (QED) is 0.860. The monoisotopic (exact) mass is 311 g/mol. The van der Waals surface area contributed by atoms with Crippen LogP contribution >= 0.6 is 0 Å². The molecule has 0 atom stereocenters. The van der Waals surface area contributed by atoms with Gasteiger partial charge in [0.05, 0.1) is 22.5 Å². The lowest BCUT2D eigenvalue weighted by molar-refractivity contribution is 0.0894. The molecule has 2 aromatic rings. The lowest BCUT2D eigenvalue weighted by Crippen LogP contribution is -2.53. The molecule has 0 spiro atoms. The summed E-state index contributed by atoms with van der Waals surface area (Å²) in [6, 6.07) is 13.7. The van der Waals surface area contributed by atoms with Gasteiger partial charge in [-0.2, -0.15) is 0 Å². The first kappa shape index (κ1) is 17.2. The Kier molecular flexibility index (Phi) is 5.50. The molecule has 0 aliphatic heterocycles. The Bertz CT molecular complexity index is 655. The molecule has 122 valence electrons. The number of rotatable bonds is 6. The molecule has 23 heavy (non-hydrogen) atoms. The molecule has 0 bridgehead atoms. The molecule has 0 saturated heterocycles. The Morgan fingerprint density at radius 3 is 2.30 bits per heavy atom. The van der Waals surface area contributed by atoms with Gasteiger partial charge in [-0.1, -0.05) is 44.2 Å². The van der Waals surface area contributed by atoms with E-state index in [2.05, 4.69) is 10.3 Å². The fourth-order valence-corrected chi connectivity index (χ4v) is 2.65. The molecular weight excluding hydrogens is 286 g/mol. The van der Waals surface area contributed by atoms with E-state index < -0.39 is 0 Å². The van der Waals surface area contributed by atoms with Gasteiger partial charge in [0.15, 0.2) is 0 Å². The zero-order chi connectivity index (χ0) is 16.9. The number of hydrogen-bond donors (Lipinski definition) is 2. The van der Waals surface area contributed by atoms with Crippen LogP contribution in [0.5, 0.6) is 0 Å². The number of pyridine rings is 1. The van der Waals surface area contributed by atoms with Gasteiger partial charge >= 0.3 is 0 Å². The van der Waals surface area contributed by atoms with E-state index in [9.17, 15) is 4.79 Å². The molecule has 3 N–H and O–H groups in total. The maximum atomic E-state index is 12.6. The minimum Gasteiger partial charge on any atom is -0.345 e. The van der Waals surface area contributed by atoms with Gasteiger partial charge in [0, 0.05) is 12.1 Å². The Hall–Kier alpha value is -2.20. The van der Waals surface area contributed by atoms with Crippen LogP contribution in [0.15, 0.2) is 42.5 Å². The molecule has 0 fully saturated rings. The van der Waals surface area contributed by atoms with E-state index in [1.165, 1.54) is 0 Å². The number of aryl methyl sites for hydroxylation is 1. The molecule has 0 radical (unpaired) electrons. The van der Waals surface area contributed by atoms with Crippen molar-refractivity contribution in [1.82, 2.24) is 10.3 Å². The van der Waals surface area contributed by atoms with Crippen molar-refractivity contribution < 1.29 is 4.79 Å². The van der Waals surface area contributed by atoms with Crippen molar-refractivity contribution in [2.45, 2.75) is 39.2 Å².